The van der Waals surface area contributed by atoms with Gasteiger partial charge < -0.3 is 15.2 Å². The van der Waals surface area contributed by atoms with Crippen molar-refractivity contribution < 1.29 is 19.4 Å². The first-order valence-corrected chi connectivity index (χ1v) is 6.72. The van der Waals surface area contributed by atoms with Gasteiger partial charge in [-0.2, -0.15) is 0 Å². The second-order valence-corrected chi connectivity index (χ2v) is 4.64. The van der Waals surface area contributed by atoms with Gasteiger partial charge in [-0.1, -0.05) is 18.2 Å². The lowest BCUT2D eigenvalue weighted by molar-refractivity contribution is -0.137. The summed E-state index contributed by atoms with van der Waals surface area (Å²) in [5.41, 5.74) is 1.76. The molecule has 1 aromatic carbocycles. The predicted molar refractivity (Wildman–Crippen MR) is 79.4 cm³/mol. The van der Waals surface area contributed by atoms with E-state index in [2.05, 4.69) is 10.3 Å². The monoisotopic (exact) mass is 300 g/mol. The van der Waals surface area contributed by atoms with Gasteiger partial charge in [0.05, 0.1) is 6.42 Å². The van der Waals surface area contributed by atoms with Crippen LogP contribution in [0.15, 0.2) is 48.8 Å². The molecule has 0 aliphatic heterocycles. The minimum Gasteiger partial charge on any atom is -0.489 e. The molecule has 0 saturated heterocycles. The van der Waals surface area contributed by atoms with Crippen LogP contribution in [0.25, 0.3) is 0 Å². The molecule has 0 fully saturated rings. The van der Waals surface area contributed by atoms with Crippen LogP contribution in [0.3, 0.4) is 0 Å². The topological polar surface area (TPSA) is 88.5 Å². The third kappa shape index (κ3) is 5.24. The first-order chi connectivity index (χ1) is 10.6. The number of carboxylic acids is 1. The Kier molecular flexibility index (Phi) is 5.48. The number of ether oxygens (including phenoxy) is 1. The number of hydrogen-bond donors (Lipinski definition) is 2. The van der Waals surface area contributed by atoms with E-state index in [0.29, 0.717) is 12.4 Å². The summed E-state index contributed by atoms with van der Waals surface area (Å²) in [4.78, 5) is 25.9. The smallest absolute Gasteiger partial charge is 0.322 e. The highest BCUT2D eigenvalue weighted by atomic mass is 16.5. The van der Waals surface area contributed by atoms with Crippen molar-refractivity contribution in [2.45, 2.75) is 13.0 Å². The molecule has 1 heterocycles. The number of pyridine rings is 1. The van der Waals surface area contributed by atoms with Crippen LogP contribution in [-0.2, 0) is 22.6 Å². The third-order valence-corrected chi connectivity index (χ3v) is 2.85. The fourth-order valence-electron chi connectivity index (χ4n) is 1.78. The molecular formula is C16H16N2O4. The molecule has 2 rings (SSSR count). The van der Waals surface area contributed by atoms with E-state index in [4.69, 9.17) is 9.84 Å². The van der Waals surface area contributed by atoms with Crippen molar-refractivity contribution in [3.8, 4) is 5.75 Å². The maximum Gasteiger partial charge on any atom is 0.322 e. The van der Waals surface area contributed by atoms with Crippen LogP contribution in [0, 0.1) is 0 Å². The van der Waals surface area contributed by atoms with E-state index < -0.39 is 5.97 Å². The number of hydrogen-bond acceptors (Lipinski definition) is 4. The molecule has 2 N–H and O–H groups in total. The van der Waals surface area contributed by atoms with E-state index in [1.807, 2.05) is 12.1 Å². The van der Waals surface area contributed by atoms with Gasteiger partial charge in [-0.3, -0.25) is 14.6 Å². The van der Waals surface area contributed by atoms with E-state index >= 15 is 0 Å². The van der Waals surface area contributed by atoms with Gasteiger partial charge in [0, 0.05) is 18.0 Å². The Morgan fingerprint density at radius 1 is 1.14 bits per heavy atom. The van der Waals surface area contributed by atoms with Gasteiger partial charge in [0.15, 0.2) is 0 Å². The number of nitrogens with one attached hydrogen (secondary N) is 1. The van der Waals surface area contributed by atoms with Crippen LogP contribution in [0.4, 0.5) is 0 Å². The second-order valence-electron chi connectivity index (χ2n) is 4.64. The van der Waals surface area contributed by atoms with Gasteiger partial charge in [-0.25, -0.2) is 0 Å². The first kappa shape index (κ1) is 15.5. The van der Waals surface area contributed by atoms with E-state index in [0.717, 1.165) is 11.1 Å². The molecule has 0 saturated carbocycles. The van der Waals surface area contributed by atoms with Crippen LogP contribution in [0.2, 0.25) is 0 Å². The SMILES string of the molecule is O=C(O)CNC(=O)Cc1ccc(OCc2cccnc2)cc1. The van der Waals surface area contributed by atoms with Crippen molar-refractivity contribution in [3.05, 3.63) is 59.9 Å². The Balaban J connectivity index is 1.82. The average Bonchev–Trinajstić information content (AvgIpc) is 2.53. The first-order valence-electron chi connectivity index (χ1n) is 6.72. The number of nitrogens with zero attached hydrogens (tertiary/aromatic N) is 1. The summed E-state index contributed by atoms with van der Waals surface area (Å²) < 4.78 is 5.61. The Hall–Kier alpha value is -2.89. The predicted octanol–water partition coefficient (Wildman–Crippen LogP) is 1.40. The van der Waals surface area contributed by atoms with Gasteiger partial charge in [0.25, 0.3) is 0 Å². The summed E-state index contributed by atoms with van der Waals surface area (Å²) in [6.07, 6.45) is 3.57. The quantitative estimate of drug-likeness (QED) is 0.807. The number of aromatic nitrogens is 1. The second kappa shape index (κ2) is 7.78. The standard InChI is InChI=1S/C16H16N2O4/c19-15(18-10-16(20)21)8-12-3-5-14(6-4-12)22-11-13-2-1-7-17-9-13/h1-7,9H,8,10-11H2,(H,18,19)(H,20,21). The maximum atomic E-state index is 11.5. The van der Waals surface area contributed by atoms with Gasteiger partial charge in [0.1, 0.15) is 18.9 Å². The van der Waals surface area contributed by atoms with Gasteiger partial charge in [0.2, 0.25) is 5.91 Å². The molecule has 1 amide bonds. The highest BCUT2D eigenvalue weighted by Gasteiger charge is 2.05. The molecule has 114 valence electrons. The molecule has 0 bridgehead atoms. The summed E-state index contributed by atoms with van der Waals surface area (Å²) in [6.45, 7) is 0.0530. The summed E-state index contributed by atoms with van der Waals surface area (Å²) >= 11 is 0. The normalized spacial score (nSPS) is 10.0. The third-order valence-electron chi connectivity index (χ3n) is 2.85. The molecule has 0 atom stereocenters. The molecule has 6 nitrogen and oxygen atoms in total. The van der Waals surface area contributed by atoms with Gasteiger partial charge in [-0.05, 0) is 23.8 Å². The van der Waals surface area contributed by atoms with Crippen molar-refractivity contribution in [2.75, 3.05) is 6.54 Å². The molecule has 0 radical (unpaired) electrons. The highest BCUT2D eigenvalue weighted by Crippen LogP contribution is 2.14. The number of carbonyl (C=O) groups is 2. The summed E-state index contributed by atoms with van der Waals surface area (Å²) in [6, 6.07) is 10.9. The Bertz CT molecular complexity index is 626. The van der Waals surface area contributed by atoms with Crippen molar-refractivity contribution in [1.82, 2.24) is 10.3 Å². The summed E-state index contributed by atoms with van der Waals surface area (Å²) in [5, 5.41) is 10.8. The van der Waals surface area contributed by atoms with Crippen molar-refractivity contribution >= 4 is 11.9 Å². The minimum absolute atomic E-state index is 0.135. The van der Waals surface area contributed by atoms with Gasteiger partial charge >= 0.3 is 5.97 Å². The Morgan fingerprint density at radius 2 is 1.91 bits per heavy atom. The molecule has 22 heavy (non-hydrogen) atoms. The minimum atomic E-state index is -1.06. The number of amides is 1. The lowest BCUT2D eigenvalue weighted by Gasteiger charge is -2.07. The number of carbonyl (C=O) groups excluding carboxylic acids is 1. The molecule has 0 aliphatic carbocycles. The van der Waals surface area contributed by atoms with E-state index in [1.165, 1.54) is 0 Å². The largest absolute Gasteiger partial charge is 0.489 e. The molecular weight excluding hydrogens is 284 g/mol. The van der Waals surface area contributed by atoms with E-state index in [1.54, 1.807) is 36.7 Å². The van der Waals surface area contributed by atoms with Crippen LogP contribution in [0.1, 0.15) is 11.1 Å². The number of aliphatic carboxylic acids is 1. The van der Waals surface area contributed by atoms with Crippen molar-refractivity contribution in [3.63, 3.8) is 0 Å². The zero-order chi connectivity index (χ0) is 15.8. The Labute approximate surface area is 127 Å². The lowest BCUT2D eigenvalue weighted by atomic mass is 10.1. The van der Waals surface area contributed by atoms with E-state index in [-0.39, 0.29) is 18.9 Å². The summed E-state index contributed by atoms with van der Waals surface area (Å²) in [5.74, 6) is -0.697. The van der Waals surface area contributed by atoms with Crippen LogP contribution >= 0.6 is 0 Å². The molecule has 0 spiro atoms. The maximum absolute atomic E-state index is 11.5. The molecule has 0 unspecified atom stereocenters. The van der Waals surface area contributed by atoms with Crippen molar-refractivity contribution in [1.29, 1.82) is 0 Å². The number of rotatable bonds is 7. The van der Waals surface area contributed by atoms with Crippen LogP contribution < -0.4 is 10.1 Å². The van der Waals surface area contributed by atoms with Crippen molar-refractivity contribution in [2.24, 2.45) is 0 Å². The zero-order valence-electron chi connectivity index (χ0n) is 11.9. The summed E-state index contributed by atoms with van der Waals surface area (Å²) in [7, 11) is 0. The Morgan fingerprint density at radius 3 is 2.55 bits per heavy atom. The lowest BCUT2D eigenvalue weighted by Crippen LogP contribution is -2.30. The van der Waals surface area contributed by atoms with E-state index in [9.17, 15) is 9.59 Å². The zero-order valence-corrected chi connectivity index (χ0v) is 11.9. The fraction of sp³-hybridized carbons (Fsp3) is 0.188. The average molecular weight is 300 g/mol. The number of carboxylic acid groups (broad SMARTS) is 1. The number of benzene rings is 1. The highest BCUT2D eigenvalue weighted by molar-refractivity contribution is 5.82. The van der Waals surface area contributed by atoms with Crippen LogP contribution in [-0.4, -0.2) is 28.5 Å². The molecule has 2 aromatic rings. The van der Waals surface area contributed by atoms with Gasteiger partial charge in [-0.15, -0.1) is 0 Å². The fourth-order valence-corrected chi connectivity index (χ4v) is 1.78. The van der Waals surface area contributed by atoms with Crippen LogP contribution in [0.5, 0.6) is 5.75 Å². The molecule has 6 heteroatoms. The molecule has 0 aliphatic rings. The molecule has 1 aromatic heterocycles.